The van der Waals surface area contributed by atoms with Gasteiger partial charge in [0.1, 0.15) is 5.75 Å². The van der Waals surface area contributed by atoms with Gasteiger partial charge in [-0.05, 0) is 37.5 Å². The fraction of sp³-hybridized carbons (Fsp3) is 0.375. The Morgan fingerprint density at radius 3 is 3.00 bits per heavy atom. The van der Waals surface area contributed by atoms with Crippen LogP contribution in [0.5, 0.6) is 5.75 Å². The Labute approximate surface area is 119 Å². The average molecular weight is 269 g/mol. The standard InChI is InChI=1S/C16H19N3O/c1-2-9-17-16-18-10-8-15(19-16)12-4-3-5-14(11-12)20-13-6-7-13/h3-5,8,10-11,13H,2,6-7,9H2,1H3,(H,17,18,19). The molecule has 0 bridgehead atoms. The van der Waals surface area contributed by atoms with Crippen LogP contribution in [0.2, 0.25) is 0 Å². The highest BCUT2D eigenvalue weighted by Gasteiger charge is 2.23. The minimum atomic E-state index is 0.414. The molecule has 3 rings (SSSR count). The number of rotatable bonds is 6. The second kappa shape index (κ2) is 5.90. The van der Waals surface area contributed by atoms with E-state index in [1.807, 2.05) is 30.3 Å². The number of nitrogens with zero attached hydrogens (tertiary/aromatic N) is 2. The topological polar surface area (TPSA) is 47.0 Å². The van der Waals surface area contributed by atoms with Gasteiger partial charge in [0, 0.05) is 18.3 Å². The number of anilines is 1. The van der Waals surface area contributed by atoms with Gasteiger partial charge in [0.2, 0.25) is 5.95 Å². The molecule has 1 heterocycles. The lowest BCUT2D eigenvalue weighted by Crippen LogP contribution is -2.04. The first kappa shape index (κ1) is 12.9. The van der Waals surface area contributed by atoms with E-state index in [0.29, 0.717) is 12.1 Å². The van der Waals surface area contributed by atoms with Gasteiger partial charge >= 0.3 is 0 Å². The fourth-order valence-corrected chi connectivity index (χ4v) is 1.95. The average Bonchev–Trinajstić information content (AvgIpc) is 3.30. The molecule has 1 aromatic heterocycles. The molecule has 1 fully saturated rings. The van der Waals surface area contributed by atoms with Crippen molar-refractivity contribution in [1.82, 2.24) is 9.97 Å². The molecule has 2 aromatic rings. The van der Waals surface area contributed by atoms with Gasteiger partial charge < -0.3 is 10.1 Å². The Morgan fingerprint density at radius 2 is 2.20 bits per heavy atom. The van der Waals surface area contributed by atoms with Crippen molar-refractivity contribution < 1.29 is 4.74 Å². The first-order valence-electron chi connectivity index (χ1n) is 7.19. The minimum absolute atomic E-state index is 0.414. The molecule has 1 aliphatic rings. The van der Waals surface area contributed by atoms with E-state index in [2.05, 4.69) is 22.2 Å². The monoisotopic (exact) mass is 269 g/mol. The molecular weight excluding hydrogens is 250 g/mol. The normalized spacial score (nSPS) is 14.1. The van der Waals surface area contributed by atoms with E-state index in [0.717, 1.165) is 30.0 Å². The quantitative estimate of drug-likeness (QED) is 0.871. The molecule has 1 N–H and O–H groups in total. The number of hydrogen-bond donors (Lipinski definition) is 1. The van der Waals surface area contributed by atoms with Crippen LogP contribution in [0, 0.1) is 0 Å². The molecule has 1 saturated carbocycles. The number of ether oxygens (including phenoxy) is 1. The molecule has 0 unspecified atom stereocenters. The lowest BCUT2D eigenvalue weighted by Gasteiger charge is -2.08. The van der Waals surface area contributed by atoms with Crippen molar-refractivity contribution in [2.75, 3.05) is 11.9 Å². The highest BCUT2D eigenvalue weighted by atomic mass is 16.5. The highest BCUT2D eigenvalue weighted by molar-refractivity contribution is 5.62. The third-order valence-corrected chi connectivity index (χ3v) is 3.15. The minimum Gasteiger partial charge on any atom is -0.490 e. The van der Waals surface area contributed by atoms with Crippen LogP contribution in [0.3, 0.4) is 0 Å². The molecule has 0 radical (unpaired) electrons. The molecule has 1 aliphatic carbocycles. The van der Waals surface area contributed by atoms with Crippen molar-refractivity contribution in [3.63, 3.8) is 0 Å². The fourth-order valence-electron chi connectivity index (χ4n) is 1.95. The summed E-state index contributed by atoms with van der Waals surface area (Å²) >= 11 is 0. The van der Waals surface area contributed by atoms with E-state index in [-0.39, 0.29) is 0 Å². The van der Waals surface area contributed by atoms with Gasteiger partial charge in [-0.3, -0.25) is 0 Å². The second-order valence-corrected chi connectivity index (χ2v) is 5.04. The first-order chi connectivity index (χ1) is 9.85. The molecule has 4 heteroatoms. The van der Waals surface area contributed by atoms with Crippen LogP contribution in [0.1, 0.15) is 26.2 Å². The Kier molecular flexibility index (Phi) is 3.81. The number of aromatic nitrogens is 2. The molecule has 0 atom stereocenters. The highest BCUT2D eigenvalue weighted by Crippen LogP contribution is 2.29. The number of hydrogen-bond acceptors (Lipinski definition) is 4. The van der Waals surface area contributed by atoms with E-state index in [1.165, 1.54) is 12.8 Å². The van der Waals surface area contributed by atoms with Crippen LogP contribution in [-0.2, 0) is 0 Å². The molecule has 0 spiro atoms. The van der Waals surface area contributed by atoms with Crippen LogP contribution in [0.4, 0.5) is 5.95 Å². The summed E-state index contributed by atoms with van der Waals surface area (Å²) in [7, 11) is 0. The van der Waals surface area contributed by atoms with Crippen molar-refractivity contribution in [2.24, 2.45) is 0 Å². The van der Waals surface area contributed by atoms with Crippen molar-refractivity contribution >= 4 is 5.95 Å². The van der Waals surface area contributed by atoms with Crippen molar-refractivity contribution in [1.29, 1.82) is 0 Å². The molecular formula is C16H19N3O. The molecule has 20 heavy (non-hydrogen) atoms. The second-order valence-electron chi connectivity index (χ2n) is 5.04. The molecule has 0 amide bonds. The zero-order valence-electron chi connectivity index (χ0n) is 11.7. The maximum atomic E-state index is 5.82. The molecule has 1 aromatic carbocycles. The Morgan fingerprint density at radius 1 is 1.30 bits per heavy atom. The van der Waals surface area contributed by atoms with Gasteiger partial charge in [-0.2, -0.15) is 0 Å². The Bertz CT molecular complexity index is 581. The van der Waals surface area contributed by atoms with Gasteiger partial charge in [-0.25, -0.2) is 9.97 Å². The summed E-state index contributed by atoms with van der Waals surface area (Å²) in [6.07, 6.45) is 5.59. The number of nitrogens with one attached hydrogen (secondary N) is 1. The predicted octanol–water partition coefficient (Wildman–Crippen LogP) is 3.51. The van der Waals surface area contributed by atoms with Crippen molar-refractivity contribution in [2.45, 2.75) is 32.3 Å². The van der Waals surface area contributed by atoms with Gasteiger partial charge in [0.15, 0.2) is 0 Å². The van der Waals surface area contributed by atoms with Gasteiger partial charge in [-0.15, -0.1) is 0 Å². The summed E-state index contributed by atoms with van der Waals surface area (Å²) in [5, 5.41) is 3.21. The van der Waals surface area contributed by atoms with Crippen LogP contribution in [0.25, 0.3) is 11.3 Å². The summed E-state index contributed by atoms with van der Waals surface area (Å²) in [6.45, 7) is 3.00. The zero-order valence-corrected chi connectivity index (χ0v) is 11.7. The molecule has 0 saturated heterocycles. The first-order valence-corrected chi connectivity index (χ1v) is 7.19. The lowest BCUT2D eigenvalue weighted by atomic mass is 10.1. The van der Waals surface area contributed by atoms with E-state index < -0.39 is 0 Å². The van der Waals surface area contributed by atoms with Gasteiger partial charge in [0.05, 0.1) is 11.8 Å². The van der Waals surface area contributed by atoms with Crippen LogP contribution in [0.15, 0.2) is 36.5 Å². The lowest BCUT2D eigenvalue weighted by molar-refractivity contribution is 0.303. The van der Waals surface area contributed by atoms with E-state index >= 15 is 0 Å². The van der Waals surface area contributed by atoms with Crippen LogP contribution in [-0.4, -0.2) is 22.6 Å². The van der Waals surface area contributed by atoms with E-state index in [4.69, 9.17) is 4.74 Å². The Balaban J connectivity index is 1.80. The van der Waals surface area contributed by atoms with Crippen LogP contribution >= 0.6 is 0 Å². The third-order valence-electron chi connectivity index (χ3n) is 3.15. The summed E-state index contributed by atoms with van der Waals surface area (Å²) < 4.78 is 5.82. The Hall–Kier alpha value is -2.10. The van der Waals surface area contributed by atoms with Crippen LogP contribution < -0.4 is 10.1 Å². The van der Waals surface area contributed by atoms with E-state index in [9.17, 15) is 0 Å². The maximum absolute atomic E-state index is 5.82. The number of benzene rings is 1. The summed E-state index contributed by atoms with van der Waals surface area (Å²) in [5.41, 5.74) is 1.98. The smallest absolute Gasteiger partial charge is 0.223 e. The summed E-state index contributed by atoms with van der Waals surface area (Å²) in [6, 6.07) is 10.0. The molecule has 0 aliphatic heterocycles. The van der Waals surface area contributed by atoms with Gasteiger partial charge in [-0.1, -0.05) is 19.1 Å². The molecule has 4 nitrogen and oxygen atoms in total. The summed E-state index contributed by atoms with van der Waals surface area (Å²) in [4.78, 5) is 8.77. The third kappa shape index (κ3) is 3.26. The van der Waals surface area contributed by atoms with E-state index in [1.54, 1.807) is 6.20 Å². The molecule has 104 valence electrons. The predicted molar refractivity (Wildman–Crippen MR) is 79.9 cm³/mol. The summed E-state index contributed by atoms with van der Waals surface area (Å²) in [5.74, 6) is 1.60. The maximum Gasteiger partial charge on any atom is 0.223 e. The SMILES string of the molecule is CCCNc1nccc(-c2cccc(OC3CC3)c2)n1. The van der Waals surface area contributed by atoms with Crippen molar-refractivity contribution in [3.8, 4) is 17.0 Å². The van der Waals surface area contributed by atoms with Crippen molar-refractivity contribution in [3.05, 3.63) is 36.5 Å². The zero-order chi connectivity index (χ0) is 13.8. The largest absolute Gasteiger partial charge is 0.490 e. The van der Waals surface area contributed by atoms with Gasteiger partial charge in [0.25, 0.3) is 0 Å².